The van der Waals surface area contributed by atoms with Gasteiger partial charge in [-0.15, -0.1) is 0 Å². The van der Waals surface area contributed by atoms with Crippen LogP contribution in [-0.4, -0.2) is 24.2 Å². The van der Waals surface area contributed by atoms with Gasteiger partial charge in [-0.05, 0) is 31.0 Å². The van der Waals surface area contributed by atoms with E-state index in [-0.39, 0.29) is 0 Å². The fraction of sp³-hybridized carbons (Fsp3) is 0.500. The molecule has 3 N–H and O–H groups in total. The summed E-state index contributed by atoms with van der Waals surface area (Å²) in [6.07, 6.45) is 5.47. The Morgan fingerprint density at radius 2 is 2.16 bits per heavy atom. The lowest BCUT2D eigenvalue weighted by Crippen LogP contribution is -2.18. The standard InChI is InChI=1S/C14H19BrN2OS/c15-10-5-6-12(14(16)19)13(9-10)17-7-8-18-11-3-1-2-4-11/h5-6,9,11,17H,1-4,7-8H2,(H2,16,19). The topological polar surface area (TPSA) is 47.3 Å². The van der Waals surface area contributed by atoms with Gasteiger partial charge in [0.2, 0.25) is 0 Å². The summed E-state index contributed by atoms with van der Waals surface area (Å²) in [4.78, 5) is 0.409. The molecule has 104 valence electrons. The SMILES string of the molecule is NC(=S)c1ccc(Br)cc1NCCOC1CCCC1. The van der Waals surface area contributed by atoms with Gasteiger partial charge < -0.3 is 15.8 Å². The molecular weight excluding hydrogens is 324 g/mol. The van der Waals surface area contributed by atoms with Crippen LogP contribution in [0, 0.1) is 0 Å². The van der Waals surface area contributed by atoms with E-state index in [0.717, 1.165) is 22.3 Å². The van der Waals surface area contributed by atoms with Crippen molar-refractivity contribution in [3.8, 4) is 0 Å². The number of halogens is 1. The Kier molecular flexibility index (Phi) is 5.60. The van der Waals surface area contributed by atoms with Crippen LogP contribution in [-0.2, 0) is 4.74 Å². The maximum Gasteiger partial charge on any atom is 0.106 e. The van der Waals surface area contributed by atoms with Gasteiger partial charge in [0, 0.05) is 22.3 Å². The second kappa shape index (κ2) is 7.22. The van der Waals surface area contributed by atoms with E-state index >= 15 is 0 Å². The fourth-order valence-corrected chi connectivity index (χ4v) is 2.88. The number of nitrogens with one attached hydrogen (secondary N) is 1. The molecule has 0 aliphatic heterocycles. The molecule has 0 radical (unpaired) electrons. The van der Waals surface area contributed by atoms with Crippen molar-refractivity contribution in [2.24, 2.45) is 5.73 Å². The van der Waals surface area contributed by atoms with Crippen molar-refractivity contribution < 1.29 is 4.74 Å². The zero-order valence-corrected chi connectivity index (χ0v) is 13.2. The minimum Gasteiger partial charge on any atom is -0.389 e. The number of hydrogen-bond acceptors (Lipinski definition) is 3. The van der Waals surface area contributed by atoms with Crippen molar-refractivity contribution in [1.82, 2.24) is 0 Å². The summed E-state index contributed by atoms with van der Waals surface area (Å²) < 4.78 is 6.82. The minimum absolute atomic E-state index is 0.409. The minimum atomic E-state index is 0.409. The molecule has 0 unspecified atom stereocenters. The molecule has 1 saturated carbocycles. The van der Waals surface area contributed by atoms with Crippen molar-refractivity contribution in [1.29, 1.82) is 0 Å². The molecule has 19 heavy (non-hydrogen) atoms. The summed E-state index contributed by atoms with van der Waals surface area (Å²) in [5.74, 6) is 0. The molecule has 2 rings (SSSR count). The van der Waals surface area contributed by atoms with Crippen LogP contribution < -0.4 is 11.1 Å². The van der Waals surface area contributed by atoms with Crippen molar-refractivity contribution in [3.63, 3.8) is 0 Å². The van der Waals surface area contributed by atoms with E-state index in [9.17, 15) is 0 Å². The summed E-state index contributed by atoms with van der Waals surface area (Å²) in [6.45, 7) is 1.48. The molecule has 0 spiro atoms. The van der Waals surface area contributed by atoms with E-state index in [1.807, 2.05) is 18.2 Å². The highest BCUT2D eigenvalue weighted by Crippen LogP contribution is 2.22. The number of thiocarbonyl (C=S) groups is 1. The summed E-state index contributed by atoms with van der Waals surface area (Å²) in [5.41, 5.74) is 7.54. The van der Waals surface area contributed by atoms with Gasteiger partial charge in [0.25, 0.3) is 0 Å². The molecule has 0 atom stereocenters. The van der Waals surface area contributed by atoms with E-state index in [0.29, 0.717) is 17.7 Å². The van der Waals surface area contributed by atoms with Gasteiger partial charge in [-0.25, -0.2) is 0 Å². The summed E-state index contributed by atoms with van der Waals surface area (Å²) in [5, 5.41) is 3.34. The Labute approximate surface area is 128 Å². The first kappa shape index (κ1) is 14.8. The number of ether oxygens (including phenoxy) is 1. The first-order valence-electron chi connectivity index (χ1n) is 6.61. The third-order valence-electron chi connectivity index (χ3n) is 3.32. The molecule has 0 heterocycles. The molecule has 3 nitrogen and oxygen atoms in total. The zero-order valence-electron chi connectivity index (χ0n) is 10.8. The predicted octanol–water partition coefficient (Wildman–Crippen LogP) is 3.45. The smallest absolute Gasteiger partial charge is 0.106 e. The Hall–Kier alpha value is -0.650. The molecule has 1 aromatic rings. The maximum atomic E-state index is 5.82. The lowest BCUT2D eigenvalue weighted by atomic mass is 10.2. The van der Waals surface area contributed by atoms with Crippen LogP contribution in [0.4, 0.5) is 5.69 Å². The van der Waals surface area contributed by atoms with Crippen molar-refractivity contribution in [3.05, 3.63) is 28.2 Å². The van der Waals surface area contributed by atoms with Gasteiger partial charge in [0.05, 0.1) is 12.7 Å². The molecule has 0 aromatic heterocycles. The molecule has 0 saturated heterocycles. The van der Waals surface area contributed by atoms with Crippen LogP contribution in [0.1, 0.15) is 31.2 Å². The Morgan fingerprint density at radius 3 is 2.84 bits per heavy atom. The van der Waals surface area contributed by atoms with E-state index in [1.165, 1.54) is 25.7 Å². The largest absolute Gasteiger partial charge is 0.389 e. The molecule has 1 aliphatic rings. The zero-order chi connectivity index (χ0) is 13.7. The monoisotopic (exact) mass is 342 g/mol. The van der Waals surface area contributed by atoms with Gasteiger partial charge >= 0.3 is 0 Å². The second-order valence-corrected chi connectivity index (χ2v) is 6.11. The van der Waals surface area contributed by atoms with Crippen molar-refractivity contribution in [2.45, 2.75) is 31.8 Å². The van der Waals surface area contributed by atoms with E-state index in [2.05, 4.69) is 21.2 Å². The van der Waals surface area contributed by atoms with Gasteiger partial charge in [-0.3, -0.25) is 0 Å². The van der Waals surface area contributed by atoms with Crippen LogP contribution >= 0.6 is 28.1 Å². The summed E-state index contributed by atoms with van der Waals surface area (Å²) in [7, 11) is 0. The lowest BCUT2D eigenvalue weighted by Gasteiger charge is -2.14. The van der Waals surface area contributed by atoms with Gasteiger partial charge in [0.15, 0.2) is 0 Å². The number of anilines is 1. The number of benzene rings is 1. The van der Waals surface area contributed by atoms with Gasteiger partial charge in [0.1, 0.15) is 4.99 Å². The first-order valence-corrected chi connectivity index (χ1v) is 7.82. The van der Waals surface area contributed by atoms with E-state index < -0.39 is 0 Å². The van der Waals surface area contributed by atoms with E-state index in [4.69, 9.17) is 22.7 Å². The highest BCUT2D eigenvalue weighted by atomic mass is 79.9. The normalized spacial score (nSPS) is 15.6. The van der Waals surface area contributed by atoms with Crippen LogP contribution in [0.15, 0.2) is 22.7 Å². The third kappa shape index (κ3) is 4.44. The third-order valence-corrected chi connectivity index (χ3v) is 4.03. The highest BCUT2D eigenvalue weighted by molar-refractivity contribution is 9.10. The maximum absolute atomic E-state index is 5.82. The second-order valence-electron chi connectivity index (χ2n) is 4.76. The quantitative estimate of drug-likeness (QED) is 0.614. The fourth-order valence-electron chi connectivity index (χ4n) is 2.34. The van der Waals surface area contributed by atoms with Crippen LogP contribution in [0.2, 0.25) is 0 Å². The van der Waals surface area contributed by atoms with Crippen molar-refractivity contribution >= 4 is 38.8 Å². The average Bonchev–Trinajstić information content (AvgIpc) is 2.87. The summed E-state index contributed by atoms with van der Waals surface area (Å²) >= 11 is 8.50. The molecule has 0 bridgehead atoms. The summed E-state index contributed by atoms with van der Waals surface area (Å²) in [6, 6.07) is 5.85. The van der Waals surface area contributed by atoms with Crippen LogP contribution in [0.25, 0.3) is 0 Å². The number of rotatable bonds is 6. The number of hydrogen-bond donors (Lipinski definition) is 2. The Balaban J connectivity index is 1.84. The van der Waals surface area contributed by atoms with Gasteiger partial charge in [-0.1, -0.05) is 41.0 Å². The number of nitrogens with two attached hydrogens (primary N) is 1. The van der Waals surface area contributed by atoms with Gasteiger partial charge in [-0.2, -0.15) is 0 Å². The molecule has 5 heteroatoms. The Bertz CT molecular complexity index is 447. The highest BCUT2D eigenvalue weighted by Gasteiger charge is 2.14. The molecule has 1 aromatic carbocycles. The molecule has 1 aliphatic carbocycles. The van der Waals surface area contributed by atoms with Crippen LogP contribution in [0.3, 0.4) is 0 Å². The lowest BCUT2D eigenvalue weighted by molar-refractivity contribution is 0.0659. The first-order chi connectivity index (χ1) is 9.16. The predicted molar refractivity (Wildman–Crippen MR) is 86.7 cm³/mol. The molecule has 1 fully saturated rings. The van der Waals surface area contributed by atoms with E-state index in [1.54, 1.807) is 0 Å². The molecule has 0 amide bonds. The Morgan fingerprint density at radius 1 is 1.42 bits per heavy atom. The van der Waals surface area contributed by atoms with Crippen LogP contribution in [0.5, 0.6) is 0 Å². The van der Waals surface area contributed by atoms with Crippen molar-refractivity contribution in [2.75, 3.05) is 18.5 Å². The molecular formula is C14H19BrN2OS. The average molecular weight is 343 g/mol.